The summed E-state index contributed by atoms with van der Waals surface area (Å²) < 4.78 is 3.93. The number of hydrogen-bond donors (Lipinski definition) is 1. The average Bonchev–Trinajstić information content (AvgIpc) is 2.83. The van der Waals surface area contributed by atoms with E-state index in [0.717, 1.165) is 17.2 Å². The van der Waals surface area contributed by atoms with E-state index >= 15 is 0 Å². The molecule has 0 fully saturated rings. The Labute approximate surface area is 129 Å². The van der Waals surface area contributed by atoms with Crippen LogP contribution in [0.1, 0.15) is 50.0 Å². The van der Waals surface area contributed by atoms with E-state index in [1.165, 1.54) is 0 Å². The first-order chi connectivity index (χ1) is 9.18. The SMILES string of the molecule is CCN(CC(C)C(N)=S)C(=O)c1snnc1C(C)(C)C. The van der Waals surface area contributed by atoms with E-state index in [0.29, 0.717) is 23.0 Å². The molecule has 1 aromatic rings. The Hall–Kier alpha value is -1.08. The molecule has 0 aliphatic carbocycles. The van der Waals surface area contributed by atoms with Gasteiger partial charge in [-0.25, -0.2) is 0 Å². The first-order valence-corrected chi connectivity index (χ1v) is 7.78. The third-order valence-corrected chi connectivity index (χ3v) is 4.16. The highest BCUT2D eigenvalue weighted by molar-refractivity contribution is 7.80. The van der Waals surface area contributed by atoms with Crippen molar-refractivity contribution in [2.45, 2.75) is 40.0 Å². The monoisotopic (exact) mass is 314 g/mol. The molecule has 1 atom stereocenters. The zero-order valence-electron chi connectivity index (χ0n) is 12.6. The van der Waals surface area contributed by atoms with Crippen LogP contribution in [0.15, 0.2) is 0 Å². The molecular formula is C13H22N4OS2. The van der Waals surface area contributed by atoms with Gasteiger partial charge in [-0.1, -0.05) is 44.4 Å². The van der Waals surface area contributed by atoms with Crippen molar-refractivity contribution < 1.29 is 4.79 Å². The third-order valence-electron chi connectivity index (χ3n) is 3.04. The zero-order valence-corrected chi connectivity index (χ0v) is 14.3. The quantitative estimate of drug-likeness (QED) is 0.844. The number of thiocarbonyl (C=S) groups is 1. The van der Waals surface area contributed by atoms with Gasteiger partial charge in [-0.3, -0.25) is 4.79 Å². The Morgan fingerprint density at radius 2 is 2.10 bits per heavy atom. The lowest BCUT2D eigenvalue weighted by Crippen LogP contribution is -2.38. The van der Waals surface area contributed by atoms with E-state index in [9.17, 15) is 4.79 Å². The van der Waals surface area contributed by atoms with Crippen molar-refractivity contribution in [1.29, 1.82) is 0 Å². The van der Waals surface area contributed by atoms with Gasteiger partial charge in [0.1, 0.15) is 4.88 Å². The van der Waals surface area contributed by atoms with E-state index in [1.54, 1.807) is 4.90 Å². The molecule has 5 nitrogen and oxygen atoms in total. The van der Waals surface area contributed by atoms with Gasteiger partial charge < -0.3 is 10.6 Å². The summed E-state index contributed by atoms with van der Waals surface area (Å²) in [6.07, 6.45) is 0. The second-order valence-electron chi connectivity index (χ2n) is 5.85. The van der Waals surface area contributed by atoms with E-state index in [4.69, 9.17) is 18.0 Å². The van der Waals surface area contributed by atoms with Crippen molar-refractivity contribution in [3.63, 3.8) is 0 Å². The number of aromatic nitrogens is 2. The highest BCUT2D eigenvalue weighted by Gasteiger charge is 2.29. The van der Waals surface area contributed by atoms with E-state index in [-0.39, 0.29) is 17.2 Å². The maximum Gasteiger partial charge on any atom is 0.267 e. The van der Waals surface area contributed by atoms with Gasteiger partial charge >= 0.3 is 0 Å². The fraction of sp³-hybridized carbons (Fsp3) is 0.692. The van der Waals surface area contributed by atoms with Gasteiger partial charge in [0.25, 0.3) is 5.91 Å². The molecule has 0 aliphatic rings. The van der Waals surface area contributed by atoms with Crippen LogP contribution in [0.25, 0.3) is 0 Å². The van der Waals surface area contributed by atoms with Gasteiger partial charge in [-0.15, -0.1) is 5.10 Å². The molecule has 0 saturated heterocycles. The van der Waals surface area contributed by atoms with Gasteiger partial charge in [-0.05, 0) is 18.5 Å². The molecule has 0 aliphatic heterocycles. The van der Waals surface area contributed by atoms with Crippen LogP contribution in [0.3, 0.4) is 0 Å². The molecule has 0 radical (unpaired) electrons. The van der Waals surface area contributed by atoms with Gasteiger partial charge in [0.15, 0.2) is 0 Å². The Balaban J connectivity index is 2.98. The summed E-state index contributed by atoms with van der Waals surface area (Å²) in [5.41, 5.74) is 6.17. The molecule has 7 heteroatoms. The Kier molecular flexibility index (Phi) is 5.59. The fourth-order valence-corrected chi connectivity index (χ4v) is 2.66. The Morgan fingerprint density at radius 3 is 2.55 bits per heavy atom. The van der Waals surface area contributed by atoms with Crippen molar-refractivity contribution in [2.24, 2.45) is 11.7 Å². The number of carbonyl (C=O) groups is 1. The van der Waals surface area contributed by atoms with E-state index < -0.39 is 0 Å². The van der Waals surface area contributed by atoms with E-state index in [2.05, 4.69) is 9.59 Å². The number of nitrogens with two attached hydrogens (primary N) is 1. The summed E-state index contributed by atoms with van der Waals surface area (Å²) in [6.45, 7) is 11.1. The summed E-state index contributed by atoms with van der Waals surface area (Å²) in [7, 11) is 0. The fourth-order valence-electron chi connectivity index (χ4n) is 1.74. The highest BCUT2D eigenvalue weighted by atomic mass is 32.1. The summed E-state index contributed by atoms with van der Waals surface area (Å²) in [4.78, 5) is 15.4. The van der Waals surface area contributed by atoms with Crippen LogP contribution in [-0.2, 0) is 5.41 Å². The molecule has 20 heavy (non-hydrogen) atoms. The Morgan fingerprint density at radius 1 is 1.50 bits per heavy atom. The molecule has 0 spiro atoms. The molecule has 112 valence electrons. The smallest absolute Gasteiger partial charge is 0.267 e. The van der Waals surface area contributed by atoms with Crippen molar-refractivity contribution in [3.05, 3.63) is 10.6 Å². The number of hydrogen-bond acceptors (Lipinski definition) is 5. The van der Waals surface area contributed by atoms with E-state index in [1.807, 2.05) is 34.6 Å². The first kappa shape index (κ1) is 17.0. The van der Waals surface area contributed by atoms with Gasteiger partial charge in [0.05, 0.1) is 10.7 Å². The predicted octanol–water partition coefficient (Wildman–Crippen LogP) is 2.22. The van der Waals surface area contributed by atoms with Crippen LogP contribution < -0.4 is 5.73 Å². The number of amides is 1. The largest absolute Gasteiger partial charge is 0.393 e. The highest BCUT2D eigenvalue weighted by Crippen LogP contribution is 2.27. The molecule has 1 heterocycles. The van der Waals surface area contributed by atoms with Gasteiger partial charge in [-0.2, -0.15) is 0 Å². The van der Waals surface area contributed by atoms with Crippen molar-refractivity contribution in [2.75, 3.05) is 13.1 Å². The lowest BCUT2D eigenvalue weighted by Gasteiger charge is -2.25. The summed E-state index contributed by atoms with van der Waals surface area (Å²) >= 11 is 6.12. The van der Waals surface area contributed by atoms with Crippen LogP contribution in [0, 0.1) is 5.92 Å². The minimum Gasteiger partial charge on any atom is -0.393 e. The first-order valence-electron chi connectivity index (χ1n) is 6.59. The van der Waals surface area contributed by atoms with Crippen molar-refractivity contribution >= 4 is 34.6 Å². The van der Waals surface area contributed by atoms with Gasteiger partial charge in [0, 0.05) is 24.4 Å². The molecule has 0 saturated carbocycles. The second-order valence-corrected chi connectivity index (χ2v) is 7.07. The third kappa shape index (κ3) is 3.96. The van der Waals surface area contributed by atoms with Gasteiger partial charge in [0.2, 0.25) is 0 Å². The summed E-state index contributed by atoms with van der Waals surface area (Å²) in [5, 5.41) is 4.11. The molecule has 1 unspecified atom stereocenters. The number of nitrogens with zero attached hydrogens (tertiary/aromatic N) is 3. The average molecular weight is 314 g/mol. The lowest BCUT2D eigenvalue weighted by molar-refractivity contribution is 0.0757. The van der Waals surface area contributed by atoms with Crippen LogP contribution in [0.4, 0.5) is 0 Å². The predicted molar refractivity (Wildman–Crippen MR) is 86.1 cm³/mol. The normalized spacial score (nSPS) is 13.1. The van der Waals surface area contributed by atoms with Crippen molar-refractivity contribution in [3.8, 4) is 0 Å². The zero-order chi connectivity index (χ0) is 15.5. The molecule has 2 N–H and O–H groups in total. The molecular weight excluding hydrogens is 292 g/mol. The molecule has 1 rings (SSSR count). The topological polar surface area (TPSA) is 72.1 Å². The van der Waals surface area contributed by atoms with Crippen LogP contribution in [0.2, 0.25) is 0 Å². The second kappa shape index (κ2) is 6.58. The maximum atomic E-state index is 12.6. The minimum atomic E-state index is -0.202. The number of carbonyl (C=O) groups excluding carboxylic acids is 1. The summed E-state index contributed by atoms with van der Waals surface area (Å²) in [6, 6.07) is 0. The lowest BCUT2D eigenvalue weighted by atomic mass is 9.91. The number of rotatable bonds is 5. The van der Waals surface area contributed by atoms with Crippen LogP contribution in [0.5, 0.6) is 0 Å². The Bertz CT molecular complexity index is 493. The maximum absolute atomic E-state index is 12.6. The molecule has 1 amide bonds. The molecule has 1 aromatic heterocycles. The molecule has 0 aromatic carbocycles. The van der Waals surface area contributed by atoms with Crippen LogP contribution >= 0.6 is 23.8 Å². The van der Waals surface area contributed by atoms with Crippen molar-refractivity contribution in [1.82, 2.24) is 14.5 Å². The minimum absolute atomic E-state index is 0.00660. The summed E-state index contributed by atoms with van der Waals surface area (Å²) in [5.74, 6) is -0.0524. The standard InChI is InChI=1S/C13H22N4OS2/c1-6-17(7-8(2)11(14)19)12(18)9-10(13(3,4)5)15-16-20-9/h8H,6-7H2,1-5H3,(H2,14,19). The van der Waals surface area contributed by atoms with Crippen LogP contribution in [-0.4, -0.2) is 38.5 Å². The molecule has 0 bridgehead atoms.